The van der Waals surface area contributed by atoms with Crippen molar-refractivity contribution < 1.29 is 14.0 Å². The fraction of sp³-hybridized carbons (Fsp3) is 0.214. The van der Waals surface area contributed by atoms with Crippen LogP contribution in [0.4, 0.5) is 0 Å². The summed E-state index contributed by atoms with van der Waals surface area (Å²) in [4.78, 5) is 27.7. The van der Waals surface area contributed by atoms with Crippen LogP contribution in [0, 0.1) is 0 Å². The fourth-order valence-electron chi connectivity index (χ4n) is 4.11. The summed E-state index contributed by atoms with van der Waals surface area (Å²) in [5, 5.41) is 9.52. The molecule has 5 rings (SSSR count). The minimum atomic E-state index is -0.142. The van der Waals surface area contributed by atoms with Crippen LogP contribution < -0.4 is 0 Å². The summed E-state index contributed by atoms with van der Waals surface area (Å²) in [5.41, 5.74) is 4.17. The molecule has 0 N–H and O–H groups in total. The van der Waals surface area contributed by atoms with E-state index in [-0.39, 0.29) is 11.8 Å². The van der Waals surface area contributed by atoms with Gasteiger partial charge in [0.25, 0.3) is 5.91 Å². The SMILES string of the molecule is CC(=O)N1CCN(C(=O)c2ccc(CSc3ccc(-c4ccc(-c5ccccc5)cc4)nn3)o2)CC1. The van der Waals surface area contributed by atoms with E-state index < -0.39 is 0 Å². The van der Waals surface area contributed by atoms with Crippen LogP contribution in [-0.2, 0) is 10.5 Å². The smallest absolute Gasteiger partial charge is 0.289 e. The van der Waals surface area contributed by atoms with Crippen molar-refractivity contribution >= 4 is 23.6 Å². The zero-order valence-corrected chi connectivity index (χ0v) is 20.8. The highest BCUT2D eigenvalue weighted by Gasteiger charge is 2.25. The molecule has 7 nitrogen and oxygen atoms in total. The third kappa shape index (κ3) is 5.49. The van der Waals surface area contributed by atoms with Crippen molar-refractivity contribution in [3.05, 3.63) is 90.4 Å². The van der Waals surface area contributed by atoms with Gasteiger partial charge in [-0.25, -0.2) is 0 Å². The number of amides is 2. The fourth-order valence-corrected chi connectivity index (χ4v) is 4.82. The van der Waals surface area contributed by atoms with Gasteiger partial charge in [0.2, 0.25) is 5.91 Å². The van der Waals surface area contributed by atoms with Gasteiger partial charge in [-0.2, -0.15) is 0 Å². The first kappa shape index (κ1) is 23.8. The molecule has 182 valence electrons. The van der Waals surface area contributed by atoms with Crippen LogP contribution in [0.1, 0.15) is 23.2 Å². The summed E-state index contributed by atoms with van der Waals surface area (Å²) in [6.07, 6.45) is 0. The van der Waals surface area contributed by atoms with Crippen LogP contribution in [0.2, 0.25) is 0 Å². The molecular weight excluding hydrogens is 472 g/mol. The molecule has 0 bridgehead atoms. The number of nitrogens with zero attached hydrogens (tertiary/aromatic N) is 4. The minimum Gasteiger partial charge on any atom is -0.455 e. The molecule has 0 atom stereocenters. The Morgan fingerprint density at radius 3 is 2.11 bits per heavy atom. The molecule has 0 unspecified atom stereocenters. The van der Waals surface area contributed by atoms with E-state index in [1.807, 2.05) is 36.4 Å². The summed E-state index contributed by atoms with van der Waals surface area (Å²) in [6.45, 7) is 3.68. The lowest BCUT2D eigenvalue weighted by Crippen LogP contribution is -2.50. The molecule has 0 aliphatic carbocycles. The van der Waals surface area contributed by atoms with E-state index in [4.69, 9.17) is 4.42 Å². The van der Waals surface area contributed by atoms with Gasteiger partial charge in [-0.15, -0.1) is 10.2 Å². The maximum absolute atomic E-state index is 12.7. The number of carbonyl (C=O) groups is 2. The predicted molar refractivity (Wildman–Crippen MR) is 139 cm³/mol. The molecule has 1 aliphatic heterocycles. The largest absolute Gasteiger partial charge is 0.455 e. The second kappa shape index (κ2) is 10.8. The van der Waals surface area contributed by atoms with Gasteiger partial charge in [-0.3, -0.25) is 9.59 Å². The molecule has 0 saturated carbocycles. The number of rotatable bonds is 6. The number of benzene rings is 2. The zero-order valence-electron chi connectivity index (χ0n) is 20.0. The highest BCUT2D eigenvalue weighted by Crippen LogP contribution is 2.26. The predicted octanol–water partition coefficient (Wildman–Crippen LogP) is 5.00. The maximum Gasteiger partial charge on any atom is 0.289 e. The van der Waals surface area contributed by atoms with Crippen LogP contribution in [0.5, 0.6) is 0 Å². The van der Waals surface area contributed by atoms with Crippen molar-refractivity contribution in [2.45, 2.75) is 17.7 Å². The van der Waals surface area contributed by atoms with E-state index in [0.717, 1.165) is 21.8 Å². The van der Waals surface area contributed by atoms with Crippen LogP contribution in [0.25, 0.3) is 22.4 Å². The lowest BCUT2D eigenvalue weighted by atomic mass is 10.0. The van der Waals surface area contributed by atoms with Crippen LogP contribution in [-0.4, -0.2) is 58.0 Å². The van der Waals surface area contributed by atoms with E-state index in [2.05, 4.69) is 46.6 Å². The van der Waals surface area contributed by atoms with Gasteiger partial charge in [0.05, 0.1) is 11.4 Å². The monoisotopic (exact) mass is 498 g/mol. The van der Waals surface area contributed by atoms with Gasteiger partial charge in [0.1, 0.15) is 10.8 Å². The Morgan fingerprint density at radius 1 is 0.778 bits per heavy atom. The van der Waals surface area contributed by atoms with Crippen LogP contribution in [0.15, 0.2) is 88.3 Å². The molecule has 0 radical (unpaired) electrons. The first-order chi connectivity index (χ1) is 17.6. The average molecular weight is 499 g/mol. The Kier molecular flexibility index (Phi) is 7.13. The molecule has 3 heterocycles. The van der Waals surface area contributed by atoms with E-state index in [9.17, 15) is 9.59 Å². The summed E-state index contributed by atoms with van der Waals surface area (Å²) in [7, 11) is 0. The molecule has 2 amide bonds. The molecule has 1 aliphatic rings. The van der Waals surface area contributed by atoms with Gasteiger partial charge < -0.3 is 14.2 Å². The van der Waals surface area contributed by atoms with E-state index in [1.165, 1.54) is 17.3 Å². The first-order valence-electron chi connectivity index (χ1n) is 11.8. The van der Waals surface area contributed by atoms with Crippen molar-refractivity contribution in [3.63, 3.8) is 0 Å². The lowest BCUT2D eigenvalue weighted by Gasteiger charge is -2.33. The topological polar surface area (TPSA) is 79.5 Å². The third-order valence-electron chi connectivity index (χ3n) is 6.17. The second-order valence-electron chi connectivity index (χ2n) is 8.55. The highest BCUT2D eigenvalue weighted by molar-refractivity contribution is 7.98. The summed E-state index contributed by atoms with van der Waals surface area (Å²) in [5.74, 6) is 1.47. The zero-order chi connectivity index (χ0) is 24.9. The minimum absolute atomic E-state index is 0.0384. The van der Waals surface area contributed by atoms with Crippen LogP contribution >= 0.6 is 11.8 Å². The average Bonchev–Trinajstić information content (AvgIpc) is 3.41. The molecule has 1 fully saturated rings. The van der Waals surface area contributed by atoms with Crippen molar-refractivity contribution in [1.29, 1.82) is 0 Å². The van der Waals surface area contributed by atoms with Crippen molar-refractivity contribution in [3.8, 4) is 22.4 Å². The quantitative estimate of drug-likeness (QED) is 0.348. The Balaban J connectivity index is 1.15. The third-order valence-corrected chi connectivity index (χ3v) is 7.12. The number of furan rings is 1. The maximum atomic E-state index is 12.7. The number of thioether (sulfide) groups is 1. The Bertz CT molecular complexity index is 1330. The molecule has 0 spiro atoms. The number of hydrogen-bond donors (Lipinski definition) is 0. The van der Waals surface area contributed by atoms with E-state index in [0.29, 0.717) is 43.5 Å². The summed E-state index contributed by atoms with van der Waals surface area (Å²) < 4.78 is 5.79. The highest BCUT2D eigenvalue weighted by atomic mass is 32.2. The van der Waals surface area contributed by atoms with Gasteiger partial charge in [-0.05, 0) is 35.4 Å². The Morgan fingerprint density at radius 2 is 1.44 bits per heavy atom. The number of piperazine rings is 1. The first-order valence-corrected chi connectivity index (χ1v) is 12.8. The molecule has 2 aromatic carbocycles. The van der Waals surface area contributed by atoms with Gasteiger partial charge in [0, 0.05) is 38.7 Å². The molecular formula is C28H26N4O3S. The molecule has 1 saturated heterocycles. The van der Waals surface area contributed by atoms with Crippen molar-refractivity contribution in [2.24, 2.45) is 0 Å². The second-order valence-corrected chi connectivity index (χ2v) is 9.55. The summed E-state index contributed by atoms with van der Waals surface area (Å²) >= 11 is 1.50. The Hall–Kier alpha value is -3.91. The molecule has 36 heavy (non-hydrogen) atoms. The Labute approximate surface area is 214 Å². The summed E-state index contributed by atoms with van der Waals surface area (Å²) in [6, 6.07) is 26.0. The van der Waals surface area contributed by atoms with Gasteiger partial charge in [-0.1, -0.05) is 66.4 Å². The van der Waals surface area contributed by atoms with Crippen molar-refractivity contribution in [1.82, 2.24) is 20.0 Å². The standard InChI is InChI=1S/C28H26N4O3S/c1-20(33)31-15-17-32(18-16-31)28(34)26-13-11-24(35-26)19-36-27-14-12-25(29-30-27)23-9-7-22(8-10-23)21-5-3-2-4-6-21/h2-14H,15-19H2,1H3. The number of aromatic nitrogens is 2. The van der Waals surface area contributed by atoms with Gasteiger partial charge in [0.15, 0.2) is 5.76 Å². The van der Waals surface area contributed by atoms with Gasteiger partial charge >= 0.3 is 0 Å². The number of carbonyl (C=O) groups excluding carboxylic acids is 2. The normalized spacial score (nSPS) is 13.6. The van der Waals surface area contributed by atoms with Crippen molar-refractivity contribution in [2.75, 3.05) is 26.2 Å². The van der Waals surface area contributed by atoms with E-state index in [1.54, 1.807) is 22.8 Å². The molecule has 2 aromatic heterocycles. The van der Waals surface area contributed by atoms with Crippen LogP contribution in [0.3, 0.4) is 0 Å². The number of hydrogen-bond acceptors (Lipinski definition) is 6. The van der Waals surface area contributed by atoms with E-state index >= 15 is 0 Å². The molecule has 8 heteroatoms. The molecule has 4 aromatic rings. The lowest BCUT2D eigenvalue weighted by molar-refractivity contribution is -0.130.